The molecular weight excluding hydrogens is 202 g/mol. The SMILES string of the molecule is NC1CC2CCC(C1)N2CC(=O)NC1CC1. The van der Waals surface area contributed by atoms with Gasteiger partial charge < -0.3 is 11.1 Å². The molecule has 0 aromatic rings. The molecule has 3 N–H and O–H groups in total. The van der Waals surface area contributed by atoms with E-state index in [1.165, 1.54) is 25.7 Å². The van der Waals surface area contributed by atoms with Gasteiger partial charge in [-0.05, 0) is 38.5 Å². The van der Waals surface area contributed by atoms with E-state index >= 15 is 0 Å². The van der Waals surface area contributed by atoms with Crippen molar-refractivity contribution in [2.24, 2.45) is 5.73 Å². The highest BCUT2D eigenvalue weighted by molar-refractivity contribution is 5.78. The van der Waals surface area contributed by atoms with Crippen molar-refractivity contribution in [2.75, 3.05) is 6.54 Å². The Labute approximate surface area is 96.5 Å². The van der Waals surface area contributed by atoms with Crippen molar-refractivity contribution in [3.05, 3.63) is 0 Å². The summed E-state index contributed by atoms with van der Waals surface area (Å²) in [5.41, 5.74) is 6.01. The van der Waals surface area contributed by atoms with Gasteiger partial charge in [0.05, 0.1) is 6.54 Å². The Balaban J connectivity index is 1.56. The molecule has 1 amide bonds. The van der Waals surface area contributed by atoms with Crippen molar-refractivity contribution in [2.45, 2.75) is 62.7 Å². The van der Waals surface area contributed by atoms with Crippen LogP contribution in [-0.2, 0) is 4.79 Å². The molecule has 3 rings (SSSR count). The molecule has 0 aromatic carbocycles. The first-order valence-electron chi connectivity index (χ1n) is 6.53. The predicted octanol–water partition coefficient (Wildman–Crippen LogP) is 0.219. The fourth-order valence-corrected chi connectivity index (χ4v) is 3.24. The third-order valence-corrected chi connectivity index (χ3v) is 4.19. The van der Waals surface area contributed by atoms with E-state index in [0.717, 1.165) is 12.8 Å². The van der Waals surface area contributed by atoms with Crippen LogP contribution in [-0.4, -0.2) is 41.5 Å². The van der Waals surface area contributed by atoms with E-state index in [2.05, 4.69) is 10.2 Å². The van der Waals surface area contributed by atoms with Crippen LogP contribution in [0.15, 0.2) is 0 Å². The van der Waals surface area contributed by atoms with Gasteiger partial charge in [0.2, 0.25) is 5.91 Å². The van der Waals surface area contributed by atoms with E-state index in [0.29, 0.717) is 30.7 Å². The van der Waals surface area contributed by atoms with Crippen LogP contribution in [0.3, 0.4) is 0 Å². The topological polar surface area (TPSA) is 58.4 Å². The van der Waals surface area contributed by atoms with Crippen molar-refractivity contribution < 1.29 is 4.79 Å². The monoisotopic (exact) mass is 223 g/mol. The van der Waals surface area contributed by atoms with Crippen molar-refractivity contribution >= 4 is 5.91 Å². The molecule has 2 heterocycles. The van der Waals surface area contributed by atoms with Crippen LogP contribution in [0.25, 0.3) is 0 Å². The lowest BCUT2D eigenvalue weighted by atomic mass is 9.98. The smallest absolute Gasteiger partial charge is 0.234 e. The highest BCUT2D eigenvalue weighted by Crippen LogP contribution is 2.34. The number of rotatable bonds is 3. The van der Waals surface area contributed by atoms with Crippen LogP contribution in [0, 0.1) is 0 Å². The molecule has 4 heteroatoms. The summed E-state index contributed by atoms with van der Waals surface area (Å²) in [5.74, 6) is 0.217. The second-order valence-electron chi connectivity index (χ2n) is 5.63. The second kappa shape index (κ2) is 4.00. The Kier molecular flexibility index (Phi) is 2.64. The summed E-state index contributed by atoms with van der Waals surface area (Å²) in [6.07, 6.45) is 6.96. The summed E-state index contributed by atoms with van der Waals surface area (Å²) in [4.78, 5) is 14.2. The number of hydrogen-bond donors (Lipinski definition) is 2. The van der Waals surface area contributed by atoms with Crippen molar-refractivity contribution in [3.63, 3.8) is 0 Å². The third kappa shape index (κ3) is 2.09. The van der Waals surface area contributed by atoms with Crippen LogP contribution in [0.1, 0.15) is 38.5 Å². The standard InChI is InChI=1S/C12H21N3O/c13-8-5-10-3-4-11(6-8)15(10)7-12(16)14-9-1-2-9/h8-11H,1-7,13H2,(H,14,16). The number of nitrogens with two attached hydrogens (primary N) is 1. The number of piperidine rings is 1. The first kappa shape index (κ1) is 10.5. The van der Waals surface area contributed by atoms with Crippen LogP contribution in [0.5, 0.6) is 0 Å². The quantitative estimate of drug-likeness (QED) is 0.719. The van der Waals surface area contributed by atoms with Gasteiger partial charge in [0.15, 0.2) is 0 Å². The maximum absolute atomic E-state index is 11.8. The number of nitrogens with zero attached hydrogens (tertiary/aromatic N) is 1. The van der Waals surface area contributed by atoms with Gasteiger partial charge in [-0.25, -0.2) is 0 Å². The highest BCUT2D eigenvalue weighted by atomic mass is 16.2. The van der Waals surface area contributed by atoms with Crippen molar-refractivity contribution in [1.29, 1.82) is 0 Å². The van der Waals surface area contributed by atoms with Gasteiger partial charge >= 0.3 is 0 Å². The number of fused-ring (bicyclic) bond motifs is 2. The average molecular weight is 223 g/mol. The van der Waals surface area contributed by atoms with Crippen LogP contribution < -0.4 is 11.1 Å². The highest BCUT2D eigenvalue weighted by Gasteiger charge is 2.40. The summed E-state index contributed by atoms with van der Waals surface area (Å²) in [7, 11) is 0. The lowest BCUT2D eigenvalue weighted by molar-refractivity contribution is -0.123. The minimum atomic E-state index is 0.217. The first-order valence-corrected chi connectivity index (χ1v) is 6.53. The van der Waals surface area contributed by atoms with E-state index in [1.54, 1.807) is 0 Å². The zero-order valence-electron chi connectivity index (χ0n) is 9.69. The van der Waals surface area contributed by atoms with Crippen molar-refractivity contribution in [3.8, 4) is 0 Å². The number of nitrogens with one attached hydrogen (secondary N) is 1. The predicted molar refractivity (Wildman–Crippen MR) is 61.9 cm³/mol. The molecule has 0 radical (unpaired) electrons. The molecule has 16 heavy (non-hydrogen) atoms. The van der Waals surface area contributed by atoms with Gasteiger partial charge in [-0.15, -0.1) is 0 Å². The third-order valence-electron chi connectivity index (χ3n) is 4.19. The minimum absolute atomic E-state index is 0.217. The molecule has 2 atom stereocenters. The van der Waals surface area contributed by atoms with Crippen molar-refractivity contribution in [1.82, 2.24) is 10.2 Å². The van der Waals surface area contributed by atoms with E-state index in [1.807, 2.05) is 0 Å². The fraction of sp³-hybridized carbons (Fsp3) is 0.917. The van der Waals surface area contributed by atoms with E-state index in [-0.39, 0.29) is 5.91 Å². The van der Waals surface area contributed by atoms with Gasteiger partial charge in [0.1, 0.15) is 0 Å². The number of amides is 1. The van der Waals surface area contributed by atoms with E-state index in [4.69, 9.17) is 5.73 Å². The molecule has 0 spiro atoms. The Morgan fingerprint density at radius 1 is 1.19 bits per heavy atom. The molecule has 2 bridgehead atoms. The maximum atomic E-state index is 11.8. The molecule has 4 nitrogen and oxygen atoms in total. The Hall–Kier alpha value is -0.610. The molecule has 3 fully saturated rings. The second-order valence-corrected chi connectivity index (χ2v) is 5.63. The molecule has 2 unspecified atom stereocenters. The molecule has 90 valence electrons. The average Bonchev–Trinajstić information content (AvgIpc) is 2.98. The van der Waals surface area contributed by atoms with Gasteiger partial charge in [-0.3, -0.25) is 9.69 Å². The molecular formula is C12H21N3O. The summed E-state index contributed by atoms with van der Waals surface area (Å²) in [6, 6.07) is 1.98. The summed E-state index contributed by atoms with van der Waals surface area (Å²) < 4.78 is 0. The van der Waals surface area contributed by atoms with Gasteiger partial charge in [-0.2, -0.15) is 0 Å². The first-order chi connectivity index (χ1) is 7.72. The Bertz CT molecular complexity index is 276. The van der Waals surface area contributed by atoms with Gasteiger partial charge in [-0.1, -0.05) is 0 Å². The summed E-state index contributed by atoms with van der Waals surface area (Å²) in [5, 5.41) is 3.07. The molecule has 2 saturated heterocycles. The molecule has 3 aliphatic rings. The zero-order valence-corrected chi connectivity index (χ0v) is 9.69. The molecule has 0 aromatic heterocycles. The van der Waals surface area contributed by atoms with Crippen LogP contribution in [0.2, 0.25) is 0 Å². The lowest BCUT2D eigenvalue weighted by Gasteiger charge is -2.37. The largest absolute Gasteiger partial charge is 0.352 e. The minimum Gasteiger partial charge on any atom is -0.352 e. The van der Waals surface area contributed by atoms with Gasteiger partial charge in [0.25, 0.3) is 0 Å². The summed E-state index contributed by atoms with van der Waals surface area (Å²) in [6.45, 7) is 0.596. The van der Waals surface area contributed by atoms with Crippen LogP contribution >= 0.6 is 0 Å². The van der Waals surface area contributed by atoms with E-state index in [9.17, 15) is 4.79 Å². The van der Waals surface area contributed by atoms with Crippen LogP contribution in [0.4, 0.5) is 0 Å². The lowest BCUT2D eigenvalue weighted by Crippen LogP contribution is -2.51. The molecule has 1 aliphatic carbocycles. The Morgan fingerprint density at radius 2 is 1.81 bits per heavy atom. The summed E-state index contributed by atoms with van der Waals surface area (Å²) >= 11 is 0. The van der Waals surface area contributed by atoms with E-state index < -0.39 is 0 Å². The number of hydrogen-bond acceptors (Lipinski definition) is 3. The number of carbonyl (C=O) groups is 1. The Morgan fingerprint density at radius 3 is 2.38 bits per heavy atom. The van der Waals surface area contributed by atoms with Gasteiger partial charge in [0, 0.05) is 24.2 Å². The normalized spacial score (nSPS) is 38.7. The molecule has 1 saturated carbocycles. The fourth-order valence-electron chi connectivity index (χ4n) is 3.24. The maximum Gasteiger partial charge on any atom is 0.234 e. The zero-order chi connectivity index (χ0) is 11.1. The number of carbonyl (C=O) groups excluding carboxylic acids is 1. The molecule has 2 aliphatic heterocycles.